The van der Waals surface area contributed by atoms with Crippen LogP contribution in [0.1, 0.15) is 5.56 Å². The summed E-state index contributed by atoms with van der Waals surface area (Å²) >= 11 is 1.57. The van der Waals surface area contributed by atoms with Gasteiger partial charge in [-0.3, -0.25) is 0 Å². The number of nitrogens with one attached hydrogen (secondary N) is 4. The van der Waals surface area contributed by atoms with Crippen molar-refractivity contribution in [2.45, 2.75) is 11.4 Å². The van der Waals surface area contributed by atoms with Crippen molar-refractivity contribution in [3.05, 3.63) is 115 Å². The van der Waals surface area contributed by atoms with E-state index in [1.165, 1.54) is 11.1 Å². The molecule has 1 heterocycles. The molecule has 0 aliphatic carbocycles. The molecule has 34 heavy (non-hydrogen) atoms. The molecule has 4 N–H and O–H groups in total. The maximum atomic E-state index is 12.3. The maximum Gasteiger partial charge on any atom is 0.319 e. The standard InChI is InChI=1S/C28H24N4OS/c33-28(30-19-20-10-15-26-22(18-20)16-17-29-26)31-23-11-13-24(14-12-23)32-34-27-9-5-4-8-25(27)21-6-2-1-3-7-21/h1-18,29,32H,19H2,(H2,30,31,33). The molecule has 0 aliphatic rings. The fourth-order valence-electron chi connectivity index (χ4n) is 3.72. The van der Waals surface area contributed by atoms with Gasteiger partial charge in [-0.1, -0.05) is 54.6 Å². The largest absolute Gasteiger partial charge is 0.361 e. The van der Waals surface area contributed by atoms with Gasteiger partial charge >= 0.3 is 6.03 Å². The van der Waals surface area contributed by atoms with E-state index in [2.05, 4.69) is 56.7 Å². The minimum absolute atomic E-state index is 0.235. The number of aromatic nitrogens is 1. The SMILES string of the molecule is O=C(NCc1ccc2[nH]ccc2c1)Nc1ccc(NSc2ccccc2-c2ccccc2)cc1. The van der Waals surface area contributed by atoms with Crippen LogP contribution < -0.4 is 15.4 Å². The number of H-pyrrole nitrogens is 1. The van der Waals surface area contributed by atoms with Crippen LogP contribution in [0.3, 0.4) is 0 Å². The lowest BCUT2D eigenvalue weighted by Crippen LogP contribution is -2.28. The van der Waals surface area contributed by atoms with Crippen molar-refractivity contribution in [1.29, 1.82) is 0 Å². The summed E-state index contributed by atoms with van der Waals surface area (Å²) < 4.78 is 3.40. The molecule has 168 valence electrons. The number of aromatic amines is 1. The summed E-state index contributed by atoms with van der Waals surface area (Å²) in [4.78, 5) is 16.6. The van der Waals surface area contributed by atoms with Crippen LogP contribution in [-0.4, -0.2) is 11.0 Å². The highest BCUT2D eigenvalue weighted by Gasteiger charge is 2.06. The Morgan fingerprint density at radius 3 is 2.41 bits per heavy atom. The molecule has 0 saturated heterocycles. The molecule has 4 aromatic carbocycles. The number of urea groups is 1. The summed E-state index contributed by atoms with van der Waals surface area (Å²) in [5.41, 5.74) is 6.20. The lowest BCUT2D eigenvalue weighted by Gasteiger charge is -2.12. The first-order valence-electron chi connectivity index (χ1n) is 11.0. The Labute approximate surface area is 202 Å². The van der Waals surface area contributed by atoms with Crippen molar-refractivity contribution < 1.29 is 4.79 Å². The van der Waals surface area contributed by atoms with Gasteiger partial charge in [-0.05, 0) is 82.6 Å². The second-order valence-corrected chi connectivity index (χ2v) is 8.70. The number of fused-ring (bicyclic) bond motifs is 1. The highest BCUT2D eigenvalue weighted by atomic mass is 32.2. The van der Waals surface area contributed by atoms with Crippen molar-refractivity contribution in [3.63, 3.8) is 0 Å². The molecule has 1 aromatic heterocycles. The normalized spacial score (nSPS) is 10.7. The van der Waals surface area contributed by atoms with Gasteiger partial charge in [0.15, 0.2) is 0 Å². The van der Waals surface area contributed by atoms with E-state index in [1.54, 1.807) is 11.9 Å². The molecule has 0 aliphatic heterocycles. The zero-order chi connectivity index (χ0) is 23.2. The number of hydrogen-bond acceptors (Lipinski definition) is 3. The first-order chi connectivity index (χ1) is 16.7. The minimum Gasteiger partial charge on any atom is -0.361 e. The number of carbonyl (C=O) groups excluding carboxylic acids is 1. The average Bonchev–Trinajstić information content (AvgIpc) is 3.36. The molecule has 0 saturated carbocycles. The van der Waals surface area contributed by atoms with Crippen LogP contribution in [-0.2, 0) is 6.54 Å². The topological polar surface area (TPSA) is 69.0 Å². The first kappa shape index (κ1) is 21.7. The van der Waals surface area contributed by atoms with Crippen molar-refractivity contribution in [2.24, 2.45) is 0 Å². The first-order valence-corrected chi connectivity index (χ1v) is 11.8. The Morgan fingerprint density at radius 2 is 1.56 bits per heavy atom. The number of amides is 2. The van der Waals surface area contributed by atoms with Gasteiger partial charge < -0.3 is 20.3 Å². The summed E-state index contributed by atoms with van der Waals surface area (Å²) in [6.07, 6.45) is 1.91. The van der Waals surface area contributed by atoms with Crippen molar-refractivity contribution in [2.75, 3.05) is 10.0 Å². The Balaban J connectivity index is 1.15. The van der Waals surface area contributed by atoms with Gasteiger partial charge in [0.1, 0.15) is 0 Å². The summed E-state index contributed by atoms with van der Waals surface area (Å²) in [5, 5.41) is 6.92. The fraction of sp³-hybridized carbons (Fsp3) is 0.0357. The average molecular weight is 465 g/mol. The summed E-state index contributed by atoms with van der Waals surface area (Å²) in [6.45, 7) is 0.462. The lowest BCUT2D eigenvalue weighted by molar-refractivity contribution is 0.251. The number of hydrogen-bond donors (Lipinski definition) is 4. The summed E-state index contributed by atoms with van der Waals surface area (Å²) in [7, 11) is 0. The van der Waals surface area contributed by atoms with Gasteiger partial charge in [-0.15, -0.1) is 0 Å². The van der Waals surface area contributed by atoms with E-state index in [0.717, 1.165) is 32.7 Å². The third kappa shape index (κ3) is 5.24. The number of rotatable bonds is 7. The van der Waals surface area contributed by atoms with Crippen LogP contribution in [0.4, 0.5) is 16.2 Å². The molecule has 5 nitrogen and oxygen atoms in total. The van der Waals surface area contributed by atoms with Crippen LogP contribution >= 0.6 is 11.9 Å². The minimum atomic E-state index is -0.235. The van der Waals surface area contributed by atoms with Crippen molar-refractivity contribution in [3.8, 4) is 11.1 Å². The van der Waals surface area contributed by atoms with Crippen molar-refractivity contribution in [1.82, 2.24) is 10.3 Å². The smallest absolute Gasteiger partial charge is 0.319 e. The maximum absolute atomic E-state index is 12.3. The molecule has 0 radical (unpaired) electrons. The van der Waals surface area contributed by atoms with Gasteiger partial charge in [0.25, 0.3) is 0 Å². The second kappa shape index (κ2) is 10.2. The third-order valence-corrected chi connectivity index (χ3v) is 6.38. The van der Waals surface area contributed by atoms with Crippen LogP contribution in [0.15, 0.2) is 114 Å². The van der Waals surface area contributed by atoms with Gasteiger partial charge in [0, 0.05) is 34.5 Å². The summed E-state index contributed by atoms with van der Waals surface area (Å²) in [5.74, 6) is 0. The van der Waals surface area contributed by atoms with Gasteiger partial charge in [-0.2, -0.15) is 0 Å². The molecular formula is C28H24N4OS. The Hall–Kier alpha value is -4.16. The predicted molar refractivity (Wildman–Crippen MR) is 142 cm³/mol. The summed E-state index contributed by atoms with van der Waals surface area (Å²) in [6, 6.07) is 34.2. The quantitative estimate of drug-likeness (QED) is 0.191. The zero-order valence-corrected chi connectivity index (χ0v) is 19.2. The Bertz CT molecular complexity index is 1400. The fourth-order valence-corrected chi connectivity index (χ4v) is 4.52. The molecule has 0 bridgehead atoms. The second-order valence-electron chi connectivity index (χ2n) is 7.85. The van der Waals surface area contributed by atoms with Gasteiger partial charge in [0.05, 0.1) is 0 Å². The van der Waals surface area contributed by atoms with Gasteiger partial charge in [-0.25, -0.2) is 4.79 Å². The van der Waals surface area contributed by atoms with E-state index < -0.39 is 0 Å². The van der Waals surface area contributed by atoms with E-state index in [4.69, 9.17) is 0 Å². The van der Waals surface area contributed by atoms with Crippen molar-refractivity contribution >= 4 is 40.3 Å². The number of anilines is 2. The molecule has 0 unspecified atom stereocenters. The molecular weight excluding hydrogens is 440 g/mol. The molecule has 0 spiro atoms. The number of benzene rings is 4. The Kier molecular flexibility index (Phi) is 6.49. The number of carbonyl (C=O) groups is 1. The monoisotopic (exact) mass is 464 g/mol. The highest BCUT2D eigenvalue weighted by Crippen LogP contribution is 2.32. The molecule has 5 aromatic rings. The third-order valence-electron chi connectivity index (χ3n) is 5.46. The zero-order valence-electron chi connectivity index (χ0n) is 18.4. The van der Waals surface area contributed by atoms with Crippen LogP contribution in [0.2, 0.25) is 0 Å². The van der Waals surface area contributed by atoms with E-state index in [9.17, 15) is 4.79 Å². The molecule has 0 atom stereocenters. The predicted octanol–water partition coefficient (Wildman–Crippen LogP) is 7.28. The van der Waals surface area contributed by atoms with E-state index in [1.807, 2.05) is 72.9 Å². The van der Waals surface area contributed by atoms with E-state index in [-0.39, 0.29) is 6.03 Å². The molecule has 2 amide bonds. The van der Waals surface area contributed by atoms with Crippen LogP contribution in [0.25, 0.3) is 22.0 Å². The van der Waals surface area contributed by atoms with Crippen LogP contribution in [0, 0.1) is 0 Å². The molecule has 6 heteroatoms. The lowest BCUT2D eigenvalue weighted by atomic mass is 10.1. The Morgan fingerprint density at radius 1 is 0.794 bits per heavy atom. The van der Waals surface area contributed by atoms with Gasteiger partial charge in [0.2, 0.25) is 0 Å². The molecule has 5 rings (SSSR count). The van der Waals surface area contributed by atoms with E-state index >= 15 is 0 Å². The van der Waals surface area contributed by atoms with E-state index in [0.29, 0.717) is 6.54 Å². The molecule has 0 fully saturated rings. The highest BCUT2D eigenvalue weighted by molar-refractivity contribution is 8.00. The van der Waals surface area contributed by atoms with Crippen LogP contribution in [0.5, 0.6) is 0 Å².